The van der Waals surface area contributed by atoms with Crippen LogP contribution in [-0.4, -0.2) is 23.5 Å². The smallest absolute Gasteiger partial charge is 0.261 e. The lowest BCUT2D eigenvalue weighted by molar-refractivity contribution is 0.0972. The maximum absolute atomic E-state index is 12.8. The normalized spacial score (nSPS) is 10.3. The summed E-state index contributed by atoms with van der Waals surface area (Å²) in [6.07, 6.45) is 1.90. The van der Waals surface area contributed by atoms with Crippen molar-refractivity contribution in [2.75, 3.05) is 17.2 Å². The van der Waals surface area contributed by atoms with Crippen LogP contribution in [0.15, 0.2) is 71.2 Å². The topological polar surface area (TPSA) is 79.5 Å². The molecule has 0 aliphatic carbocycles. The Morgan fingerprint density at radius 2 is 1.65 bits per heavy atom. The molecule has 8 heteroatoms. The zero-order chi connectivity index (χ0) is 24.5. The number of rotatable bonds is 8. The number of benzene rings is 3. The van der Waals surface area contributed by atoms with Crippen molar-refractivity contribution >= 4 is 56.4 Å². The second-order valence-corrected chi connectivity index (χ2v) is 8.98. The molecular formula is C26H26BrN3O3S. The summed E-state index contributed by atoms with van der Waals surface area (Å²) in [5.41, 5.74) is 3.33. The monoisotopic (exact) mass is 539 g/mol. The Kier molecular flexibility index (Phi) is 9.18. The average molecular weight is 540 g/mol. The van der Waals surface area contributed by atoms with E-state index < -0.39 is 0 Å². The highest BCUT2D eigenvalue weighted by atomic mass is 79.9. The van der Waals surface area contributed by atoms with Gasteiger partial charge >= 0.3 is 0 Å². The summed E-state index contributed by atoms with van der Waals surface area (Å²) in [6.45, 7) is 4.55. The molecule has 6 nitrogen and oxygen atoms in total. The minimum atomic E-state index is -0.368. The van der Waals surface area contributed by atoms with Gasteiger partial charge in [-0.25, -0.2) is 0 Å². The number of aryl methyl sites for hydroxylation is 1. The number of amides is 2. The number of hydrogen-bond acceptors (Lipinski definition) is 4. The molecule has 3 aromatic rings. The molecule has 0 fully saturated rings. The van der Waals surface area contributed by atoms with Crippen LogP contribution in [0.3, 0.4) is 0 Å². The number of hydrogen-bond donors (Lipinski definition) is 3. The molecule has 0 radical (unpaired) electrons. The van der Waals surface area contributed by atoms with E-state index in [1.54, 1.807) is 42.5 Å². The number of ether oxygens (including phenoxy) is 1. The molecule has 0 aliphatic heterocycles. The molecular weight excluding hydrogens is 514 g/mol. The number of unbranched alkanes of at least 4 members (excludes halogenated alkanes) is 1. The third-order valence-corrected chi connectivity index (χ3v) is 5.55. The molecule has 3 N–H and O–H groups in total. The van der Waals surface area contributed by atoms with E-state index in [-0.39, 0.29) is 16.9 Å². The molecule has 0 heterocycles. The first-order chi connectivity index (χ1) is 16.4. The lowest BCUT2D eigenvalue weighted by Crippen LogP contribution is -2.34. The predicted molar refractivity (Wildman–Crippen MR) is 144 cm³/mol. The maximum Gasteiger partial charge on any atom is 0.261 e. The van der Waals surface area contributed by atoms with E-state index >= 15 is 0 Å². The highest BCUT2D eigenvalue weighted by Crippen LogP contribution is 2.24. The fourth-order valence-electron chi connectivity index (χ4n) is 3.09. The molecule has 0 aromatic heterocycles. The van der Waals surface area contributed by atoms with Gasteiger partial charge in [-0.1, -0.05) is 47.0 Å². The Labute approximate surface area is 213 Å². The number of halogens is 1. The molecule has 2 amide bonds. The van der Waals surface area contributed by atoms with Crippen LogP contribution in [0.25, 0.3) is 0 Å². The largest absolute Gasteiger partial charge is 0.493 e. The predicted octanol–water partition coefficient (Wildman–Crippen LogP) is 6.32. The minimum absolute atomic E-state index is 0.154. The van der Waals surface area contributed by atoms with Crippen LogP contribution in [0.1, 0.15) is 46.0 Å². The van der Waals surface area contributed by atoms with Crippen LogP contribution in [-0.2, 0) is 0 Å². The Balaban J connectivity index is 1.58. The van der Waals surface area contributed by atoms with Crippen molar-refractivity contribution in [2.45, 2.75) is 26.7 Å². The third-order valence-electron chi connectivity index (χ3n) is 4.85. The summed E-state index contributed by atoms with van der Waals surface area (Å²) in [7, 11) is 0. The van der Waals surface area contributed by atoms with Crippen molar-refractivity contribution in [1.82, 2.24) is 5.32 Å². The Hall–Kier alpha value is -3.23. The van der Waals surface area contributed by atoms with Crippen LogP contribution < -0.4 is 20.7 Å². The number of carbonyl (C=O) groups is 2. The first-order valence-corrected chi connectivity index (χ1v) is 12.1. The van der Waals surface area contributed by atoms with Crippen molar-refractivity contribution in [3.63, 3.8) is 0 Å². The molecule has 0 spiro atoms. The van der Waals surface area contributed by atoms with E-state index in [0.717, 1.165) is 22.9 Å². The zero-order valence-corrected chi connectivity index (χ0v) is 21.4. The van der Waals surface area contributed by atoms with E-state index in [0.29, 0.717) is 34.9 Å². The number of anilines is 2. The lowest BCUT2D eigenvalue weighted by atomic mass is 10.1. The first-order valence-electron chi connectivity index (χ1n) is 10.9. The second kappa shape index (κ2) is 12.3. The number of thiocarbonyl (C=S) groups is 1. The van der Waals surface area contributed by atoms with Gasteiger partial charge in [0.05, 0.1) is 12.2 Å². The van der Waals surface area contributed by atoms with E-state index in [4.69, 9.17) is 17.0 Å². The van der Waals surface area contributed by atoms with Crippen molar-refractivity contribution in [3.05, 3.63) is 87.9 Å². The van der Waals surface area contributed by atoms with Crippen molar-refractivity contribution in [2.24, 2.45) is 0 Å². The summed E-state index contributed by atoms with van der Waals surface area (Å²) >= 11 is 8.70. The highest BCUT2D eigenvalue weighted by molar-refractivity contribution is 9.10. The molecule has 34 heavy (non-hydrogen) atoms. The van der Waals surface area contributed by atoms with E-state index in [1.807, 2.05) is 31.2 Å². The molecule has 176 valence electrons. The van der Waals surface area contributed by atoms with Crippen molar-refractivity contribution in [3.8, 4) is 5.75 Å². The summed E-state index contributed by atoms with van der Waals surface area (Å²) in [5.74, 6) is -0.0452. The van der Waals surface area contributed by atoms with Gasteiger partial charge < -0.3 is 15.4 Å². The Morgan fingerprint density at radius 1 is 0.941 bits per heavy atom. The third kappa shape index (κ3) is 7.40. The van der Waals surface area contributed by atoms with Crippen LogP contribution in [0.4, 0.5) is 11.4 Å². The second-order valence-electron chi connectivity index (χ2n) is 7.65. The van der Waals surface area contributed by atoms with E-state index in [1.165, 1.54) is 0 Å². The van der Waals surface area contributed by atoms with Gasteiger partial charge in [0.15, 0.2) is 5.11 Å². The molecule has 3 aromatic carbocycles. The first kappa shape index (κ1) is 25.4. The van der Waals surface area contributed by atoms with Crippen molar-refractivity contribution < 1.29 is 14.3 Å². The maximum atomic E-state index is 12.8. The fraction of sp³-hybridized carbons (Fsp3) is 0.192. The molecule has 0 saturated heterocycles. The summed E-state index contributed by atoms with van der Waals surface area (Å²) in [6, 6.07) is 19.7. The number of carbonyl (C=O) groups excluding carboxylic acids is 2. The van der Waals surface area contributed by atoms with Gasteiger partial charge in [-0.2, -0.15) is 0 Å². The molecule has 0 aliphatic rings. The van der Waals surface area contributed by atoms with Crippen molar-refractivity contribution in [1.29, 1.82) is 0 Å². The van der Waals surface area contributed by atoms with E-state index in [2.05, 4.69) is 38.8 Å². The van der Waals surface area contributed by atoms with Gasteiger partial charge in [-0.3, -0.25) is 14.9 Å². The van der Waals surface area contributed by atoms with Gasteiger partial charge in [0.2, 0.25) is 0 Å². The zero-order valence-electron chi connectivity index (χ0n) is 19.0. The fourth-order valence-corrected chi connectivity index (χ4v) is 3.66. The van der Waals surface area contributed by atoms with Crippen LogP contribution in [0, 0.1) is 6.92 Å². The summed E-state index contributed by atoms with van der Waals surface area (Å²) < 4.78 is 6.52. The van der Waals surface area contributed by atoms with E-state index in [9.17, 15) is 9.59 Å². The SMILES string of the molecule is CCCCOc1ccc(Br)cc1C(=O)NC(=S)Nc1ccc(NC(=O)c2cccc(C)c2)cc1. The summed E-state index contributed by atoms with van der Waals surface area (Å²) in [5, 5.41) is 8.69. The van der Waals surface area contributed by atoms with Gasteiger partial charge in [-0.05, 0) is 80.2 Å². The Bertz CT molecular complexity index is 1180. The van der Waals surface area contributed by atoms with Gasteiger partial charge in [0, 0.05) is 21.4 Å². The minimum Gasteiger partial charge on any atom is -0.493 e. The summed E-state index contributed by atoms with van der Waals surface area (Å²) in [4.78, 5) is 25.2. The molecule has 3 rings (SSSR count). The van der Waals surface area contributed by atoms with Crippen LogP contribution in [0.2, 0.25) is 0 Å². The Morgan fingerprint density at radius 3 is 2.32 bits per heavy atom. The van der Waals surface area contributed by atoms with Gasteiger partial charge in [0.1, 0.15) is 5.75 Å². The van der Waals surface area contributed by atoms with Gasteiger partial charge in [0.25, 0.3) is 11.8 Å². The highest BCUT2D eigenvalue weighted by Gasteiger charge is 2.15. The molecule has 0 atom stereocenters. The lowest BCUT2D eigenvalue weighted by Gasteiger charge is -2.14. The quantitative estimate of drug-likeness (QED) is 0.230. The van der Waals surface area contributed by atoms with Gasteiger partial charge in [-0.15, -0.1) is 0 Å². The molecule has 0 saturated carbocycles. The molecule has 0 unspecified atom stereocenters. The number of nitrogens with one attached hydrogen (secondary N) is 3. The van der Waals surface area contributed by atoms with Crippen LogP contribution >= 0.6 is 28.1 Å². The van der Waals surface area contributed by atoms with Crippen LogP contribution in [0.5, 0.6) is 5.75 Å². The standard InChI is InChI=1S/C26H26BrN3O3S/c1-3-4-14-33-23-13-8-19(27)16-22(23)25(32)30-26(34)29-21-11-9-20(10-12-21)28-24(31)18-7-5-6-17(2)15-18/h5-13,15-16H,3-4,14H2,1-2H3,(H,28,31)(H2,29,30,32,34). The molecule has 0 bridgehead atoms. The average Bonchev–Trinajstić information content (AvgIpc) is 2.81.